The number of nitrogens with zero attached hydrogens (tertiary/aromatic N) is 2. The van der Waals surface area contributed by atoms with Gasteiger partial charge < -0.3 is 4.74 Å². The number of hydrogen-bond donors (Lipinski definition) is 0. The molecule has 1 rings (SSSR count). The number of rotatable bonds is 6. The summed E-state index contributed by atoms with van der Waals surface area (Å²) in [5.41, 5.74) is 0.803. The Kier molecular flexibility index (Phi) is 5.56. The third-order valence-electron chi connectivity index (χ3n) is 2.47. The second kappa shape index (κ2) is 6.96. The van der Waals surface area contributed by atoms with Gasteiger partial charge in [-0.05, 0) is 18.2 Å². The van der Waals surface area contributed by atoms with Crippen LogP contribution in [0.5, 0.6) is 0 Å². The zero-order chi connectivity index (χ0) is 12.7. The second-order valence-electron chi connectivity index (χ2n) is 3.71. The van der Waals surface area contributed by atoms with E-state index in [1.807, 2.05) is 11.8 Å². The molecule has 0 spiro atoms. The smallest absolute Gasteiger partial charge is 0.306 e. The van der Waals surface area contributed by atoms with Crippen LogP contribution in [0.3, 0.4) is 0 Å². The van der Waals surface area contributed by atoms with Crippen LogP contribution in [0.1, 0.15) is 18.9 Å². The standard InChI is InChI=1S/C12H17FN2O2/c1-3-15(5-4-12(16)17-2)9-10-6-11(13)8-14-7-10/h6-8H,3-5,9H2,1-2H3. The lowest BCUT2D eigenvalue weighted by molar-refractivity contribution is -0.141. The maximum Gasteiger partial charge on any atom is 0.306 e. The zero-order valence-corrected chi connectivity index (χ0v) is 10.1. The zero-order valence-electron chi connectivity index (χ0n) is 10.1. The van der Waals surface area contributed by atoms with Gasteiger partial charge in [-0.2, -0.15) is 0 Å². The highest BCUT2D eigenvalue weighted by molar-refractivity contribution is 5.69. The monoisotopic (exact) mass is 240 g/mol. The van der Waals surface area contributed by atoms with E-state index >= 15 is 0 Å². The van der Waals surface area contributed by atoms with Crippen LogP contribution in [0.4, 0.5) is 4.39 Å². The summed E-state index contributed by atoms with van der Waals surface area (Å²) in [5, 5.41) is 0. The highest BCUT2D eigenvalue weighted by Gasteiger charge is 2.08. The first-order valence-electron chi connectivity index (χ1n) is 5.54. The fourth-order valence-electron chi connectivity index (χ4n) is 1.50. The lowest BCUT2D eigenvalue weighted by atomic mass is 10.2. The number of methoxy groups -OCH3 is 1. The van der Waals surface area contributed by atoms with Gasteiger partial charge in [0.15, 0.2) is 0 Å². The average molecular weight is 240 g/mol. The van der Waals surface area contributed by atoms with E-state index in [0.29, 0.717) is 19.5 Å². The van der Waals surface area contributed by atoms with Crippen LogP contribution in [0.2, 0.25) is 0 Å². The van der Waals surface area contributed by atoms with Gasteiger partial charge in [0.1, 0.15) is 5.82 Å². The summed E-state index contributed by atoms with van der Waals surface area (Å²) in [6.45, 7) is 3.95. The number of hydrogen-bond acceptors (Lipinski definition) is 4. The molecule has 0 fully saturated rings. The molecule has 0 aliphatic carbocycles. The highest BCUT2D eigenvalue weighted by Crippen LogP contribution is 2.06. The molecule has 5 heteroatoms. The molecule has 0 bridgehead atoms. The summed E-state index contributed by atoms with van der Waals surface area (Å²) >= 11 is 0. The number of halogens is 1. The normalized spacial score (nSPS) is 10.6. The number of aromatic nitrogens is 1. The first-order valence-corrected chi connectivity index (χ1v) is 5.54. The van der Waals surface area contributed by atoms with E-state index in [1.165, 1.54) is 19.4 Å². The quantitative estimate of drug-likeness (QED) is 0.708. The summed E-state index contributed by atoms with van der Waals surface area (Å²) in [5.74, 6) is -0.577. The van der Waals surface area contributed by atoms with Crippen molar-refractivity contribution < 1.29 is 13.9 Å². The molecule has 0 aromatic carbocycles. The predicted octanol–water partition coefficient (Wildman–Crippen LogP) is 1.61. The Bertz CT molecular complexity index is 371. The Morgan fingerprint density at radius 3 is 2.88 bits per heavy atom. The van der Waals surface area contributed by atoms with Gasteiger partial charge in [0.2, 0.25) is 0 Å². The van der Waals surface area contributed by atoms with E-state index in [4.69, 9.17) is 0 Å². The fraction of sp³-hybridized carbons (Fsp3) is 0.500. The molecular formula is C12H17FN2O2. The van der Waals surface area contributed by atoms with Crippen molar-refractivity contribution in [1.82, 2.24) is 9.88 Å². The van der Waals surface area contributed by atoms with E-state index < -0.39 is 0 Å². The van der Waals surface area contributed by atoms with Crippen LogP contribution in [-0.4, -0.2) is 36.1 Å². The average Bonchev–Trinajstić information content (AvgIpc) is 2.34. The molecule has 0 unspecified atom stereocenters. The minimum atomic E-state index is -0.341. The van der Waals surface area contributed by atoms with E-state index in [0.717, 1.165) is 12.1 Å². The summed E-state index contributed by atoms with van der Waals surface area (Å²) < 4.78 is 17.5. The van der Waals surface area contributed by atoms with Gasteiger partial charge in [-0.3, -0.25) is 14.7 Å². The highest BCUT2D eigenvalue weighted by atomic mass is 19.1. The Hall–Kier alpha value is -1.49. The third-order valence-corrected chi connectivity index (χ3v) is 2.47. The van der Waals surface area contributed by atoms with E-state index in [-0.39, 0.29) is 11.8 Å². The van der Waals surface area contributed by atoms with Crippen LogP contribution in [-0.2, 0) is 16.1 Å². The molecule has 0 radical (unpaired) electrons. The maximum atomic E-state index is 12.9. The SMILES string of the molecule is CCN(CCC(=O)OC)Cc1cncc(F)c1. The number of pyridine rings is 1. The topological polar surface area (TPSA) is 42.4 Å². The number of carbonyl (C=O) groups is 1. The van der Waals surface area contributed by atoms with Crippen molar-refractivity contribution in [3.8, 4) is 0 Å². The van der Waals surface area contributed by atoms with Gasteiger partial charge in [0, 0.05) is 19.3 Å². The Labute approximate surface area is 100 Å². The molecule has 1 aromatic rings. The molecule has 0 atom stereocenters. The lowest BCUT2D eigenvalue weighted by Gasteiger charge is -2.19. The largest absolute Gasteiger partial charge is 0.469 e. The van der Waals surface area contributed by atoms with Gasteiger partial charge in [-0.15, -0.1) is 0 Å². The van der Waals surface area contributed by atoms with Crippen molar-refractivity contribution in [2.24, 2.45) is 0 Å². The Morgan fingerprint density at radius 1 is 1.53 bits per heavy atom. The lowest BCUT2D eigenvalue weighted by Crippen LogP contribution is -2.26. The molecule has 94 valence electrons. The summed E-state index contributed by atoms with van der Waals surface area (Å²) in [6, 6.07) is 1.45. The minimum absolute atomic E-state index is 0.235. The third kappa shape index (κ3) is 4.91. The molecule has 0 N–H and O–H groups in total. The molecule has 17 heavy (non-hydrogen) atoms. The molecule has 0 amide bonds. The van der Waals surface area contributed by atoms with Crippen molar-refractivity contribution in [3.63, 3.8) is 0 Å². The molecule has 4 nitrogen and oxygen atoms in total. The first kappa shape index (κ1) is 13.6. The van der Waals surface area contributed by atoms with Crippen molar-refractivity contribution in [3.05, 3.63) is 29.8 Å². The number of ether oxygens (including phenoxy) is 1. The van der Waals surface area contributed by atoms with Crippen LogP contribution < -0.4 is 0 Å². The van der Waals surface area contributed by atoms with Crippen molar-refractivity contribution >= 4 is 5.97 Å². The molecule has 0 aliphatic rings. The van der Waals surface area contributed by atoms with E-state index in [9.17, 15) is 9.18 Å². The van der Waals surface area contributed by atoms with Crippen molar-refractivity contribution in [1.29, 1.82) is 0 Å². The summed E-state index contributed by atoms with van der Waals surface area (Å²) in [4.78, 5) is 16.8. The molecule has 0 saturated heterocycles. The van der Waals surface area contributed by atoms with E-state index in [2.05, 4.69) is 9.72 Å². The Balaban J connectivity index is 2.49. The van der Waals surface area contributed by atoms with Gasteiger partial charge in [0.05, 0.1) is 19.7 Å². The molecule has 1 aromatic heterocycles. The van der Waals surface area contributed by atoms with Crippen molar-refractivity contribution in [2.45, 2.75) is 19.9 Å². The van der Waals surface area contributed by atoms with E-state index in [1.54, 1.807) is 6.20 Å². The molecular weight excluding hydrogens is 223 g/mol. The van der Waals surface area contributed by atoms with Gasteiger partial charge in [-0.25, -0.2) is 4.39 Å². The predicted molar refractivity (Wildman–Crippen MR) is 61.8 cm³/mol. The van der Waals surface area contributed by atoms with Gasteiger partial charge >= 0.3 is 5.97 Å². The molecule has 0 saturated carbocycles. The Morgan fingerprint density at radius 2 is 2.29 bits per heavy atom. The first-order chi connectivity index (χ1) is 8.15. The van der Waals surface area contributed by atoms with Crippen LogP contribution >= 0.6 is 0 Å². The van der Waals surface area contributed by atoms with Gasteiger partial charge in [-0.1, -0.05) is 6.92 Å². The second-order valence-corrected chi connectivity index (χ2v) is 3.71. The molecule has 1 heterocycles. The molecule has 0 aliphatic heterocycles. The van der Waals surface area contributed by atoms with Crippen LogP contribution in [0, 0.1) is 5.82 Å². The number of esters is 1. The van der Waals surface area contributed by atoms with Gasteiger partial charge in [0.25, 0.3) is 0 Å². The summed E-state index contributed by atoms with van der Waals surface area (Å²) in [7, 11) is 1.37. The van der Waals surface area contributed by atoms with Crippen LogP contribution in [0.15, 0.2) is 18.5 Å². The number of carbonyl (C=O) groups excluding carboxylic acids is 1. The van der Waals surface area contributed by atoms with Crippen LogP contribution in [0.25, 0.3) is 0 Å². The minimum Gasteiger partial charge on any atom is -0.469 e. The summed E-state index contributed by atoms with van der Waals surface area (Å²) in [6.07, 6.45) is 3.14. The maximum absolute atomic E-state index is 12.9. The fourth-order valence-corrected chi connectivity index (χ4v) is 1.50. The van der Waals surface area contributed by atoms with Crippen molar-refractivity contribution in [2.75, 3.05) is 20.2 Å².